The van der Waals surface area contributed by atoms with Crippen molar-refractivity contribution in [3.8, 4) is 23.2 Å². The van der Waals surface area contributed by atoms with E-state index in [1.54, 1.807) is 47.1 Å². The monoisotopic (exact) mass is 485 g/mol. The van der Waals surface area contributed by atoms with Gasteiger partial charge in [0.1, 0.15) is 11.5 Å². The number of benzene rings is 2. The van der Waals surface area contributed by atoms with Crippen LogP contribution < -0.4 is 14.8 Å². The highest BCUT2D eigenvalue weighted by Gasteiger charge is 2.11. The summed E-state index contributed by atoms with van der Waals surface area (Å²) >= 11 is 0. The van der Waals surface area contributed by atoms with E-state index in [-0.39, 0.29) is 5.91 Å². The SMILES string of the molecule is CCCCCOc1ccc(C(=O)Nc2ccc(Oc3ccc(-n4nc(C)c(C)c4C)nn3)cc2)cc1. The molecule has 8 heteroatoms. The van der Waals surface area contributed by atoms with E-state index in [9.17, 15) is 4.79 Å². The standard InChI is InChI=1S/C28H31N5O3/c1-5-6-7-18-35-24-12-8-22(9-13-24)28(34)29-23-10-14-25(15-11-23)36-27-17-16-26(30-31-27)33-21(4)19(2)20(3)32-33/h8-17H,5-7,18H2,1-4H3,(H,29,34). The summed E-state index contributed by atoms with van der Waals surface area (Å²) < 4.78 is 13.3. The van der Waals surface area contributed by atoms with Gasteiger partial charge in [-0.1, -0.05) is 19.8 Å². The number of unbranched alkanes of at least 4 members (excludes halogenated alkanes) is 2. The zero-order chi connectivity index (χ0) is 25.5. The molecule has 2 aromatic carbocycles. The number of rotatable bonds is 10. The van der Waals surface area contributed by atoms with Crippen molar-refractivity contribution in [1.29, 1.82) is 0 Å². The Labute approximate surface area is 211 Å². The molecular formula is C28H31N5O3. The van der Waals surface area contributed by atoms with E-state index in [0.717, 1.165) is 42.0 Å². The van der Waals surface area contributed by atoms with Gasteiger partial charge in [0.05, 0.1) is 12.3 Å². The van der Waals surface area contributed by atoms with Gasteiger partial charge < -0.3 is 14.8 Å². The topological polar surface area (TPSA) is 91.2 Å². The molecule has 0 radical (unpaired) electrons. The maximum absolute atomic E-state index is 12.6. The van der Waals surface area contributed by atoms with Crippen LogP contribution in [-0.4, -0.2) is 32.5 Å². The Morgan fingerprint density at radius 3 is 2.22 bits per heavy atom. The van der Waals surface area contributed by atoms with Gasteiger partial charge >= 0.3 is 0 Å². The van der Waals surface area contributed by atoms with E-state index in [0.29, 0.717) is 35.3 Å². The molecule has 1 N–H and O–H groups in total. The van der Waals surface area contributed by atoms with Crippen LogP contribution in [0.1, 0.15) is 53.5 Å². The van der Waals surface area contributed by atoms with Crippen LogP contribution >= 0.6 is 0 Å². The second-order valence-corrected chi connectivity index (χ2v) is 8.60. The van der Waals surface area contributed by atoms with Gasteiger partial charge in [-0.2, -0.15) is 5.10 Å². The number of anilines is 1. The van der Waals surface area contributed by atoms with Crippen LogP contribution in [0.2, 0.25) is 0 Å². The molecule has 4 aromatic rings. The second-order valence-electron chi connectivity index (χ2n) is 8.60. The van der Waals surface area contributed by atoms with Crippen molar-refractivity contribution in [3.05, 3.63) is 83.2 Å². The first-order valence-electron chi connectivity index (χ1n) is 12.1. The molecule has 0 saturated carbocycles. The van der Waals surface area contributed by atoms with Crippen LogP contribution in [0.4, 0.5) is 5.69 Å². The quantitative estimate of drug-likeness (QED) is 0.269. The van der Waals surface area contributed by atoms with Crippen LogP contribution in [0, 0.1) is 20.8 Å². The van der Waals surface area contributed by atoms with E-state index in [1.807, 2.05) is 39.0 Å². The van der Waals surface area contributed by atoms with Crippen molar-refractivity contribution in [3.63, 3.8) is 0 Å². The van der Waals surface area contributed by atoms with E-state index >= 15 is 0 Å². The molecule has 36 heavy (non-hydrogen) atoms. The molecule has 2 heterocycles. The van der Waals surface area contributed by atoms with Gasteiger partial charge in [0.2, 0.25) is 5.88 Å². The fourth-order valence-electron chi connectivity index (χ4n) is 3.60. The largest absolute Gasteiger partial charge is 0.494 e. The third-order valence-corrected chi connectivity index (χ3v) is 5.96. The molecule has 0 atom stereocenters. The Morgan fingerprint density at radius 1 is 0.889 bits per heavy atom. The molecule has 1 amide bonds. The number of hydrogen-bond acceptors (Lipinski definition) is 6. The fraction of sp³-hybridized carbons (Fsp3) is 0.286. The normalized spacial score (nSPS) is 10.8. The first kappa shape index (κ1) is 24.9. The van der Waals surface area contributed by atoms with Gasteiger partial charge in [-0.05, 0) is 87.4 Å². The number of hydrogen-bond donors (Lipinski definition) is 1. The van der Waals surface area contributed by atoms with Crippen molar-refractivity contribution in [2.45, 2.75) is 47.0 Å². The van der Waals surface area contributed by atoms with Crippen molar-refractivity contribution in [1.82, 2.24) is 20.0 Å². The summed E-state index contributed by atoms with van der Waals surface area (Å²) in [6, 6.07) is 17.8. The Balaban J connectivity index is 1.32. The lowest BCUT2D eigenvalue weighted by Gasteiger charge is -2.09. The molecule has 8 nitrogen and oxygen atoms in total. The Bertz CT molecular complexity index is 1300. The van der Waals surface area contributed by atoms with Crippen LogP contribution in [-0.2, 0) is 0 Å². The summed E-state index contributed by atoms with van der Waals surface area (Å²) in [5.74, 6) is 2.16. The zero-order valence-corrected chi connectivity index (χ0v) is 21.1. The minimum absolute atomic E-state index is 0.193. The smallest absolute Gasteiger partial charge is 0.255 e. The average Bonchev–Trinajstić information content (AvgIpc) is 3.16. The number of ether oxygens (including phenoxy) is 2. The lowest BCUT2D eigenvalue weighted by molar-refractivity contribution is 0.102. The van der Waals surface area contributed by atoms with Crippen molar-refractivity contribution >= 4 is 11.6 Å². The molecule has 0 spiro atoms. The molecule has 0 bridgehead atoms. The first-order valence-corrected chi connectivity index (χ1v) is 12.1. The van der Waals surface area contributed by atoms with Crippen molar-refractivity contribution in [2.24, 2.45) is 0 Å². The number of carbonyl (C=O) groups is 1. The van der Waals surface area contributed by atoms with Gasteiger partial charge in [-0.25, -0.2) is 4.68 Å². The van der Waals surface area contributed by atoms with E-state index in [2.05, 4.69) is 27.5 Å². The lowest BCUT2D eigenvalue weighted by atomic mass is 10.2. The van der Waals surface area contributed by atoms with Gasteiger partial charge in [0.15, 0.2) is 5.82 Å². The number of aryl methyl sites for hydroxylation is 1. The van der Waals surface area contributed by atoms with E-state index in [4.69, 9.17) is 9.47 Å². The van der Waals surface area contributed by atoms with Crippen LogP contribution in [0.3, 0.4) is 0 Å². The third-order valence-electron chi connectivity index (χ3n) is 5.96. The predicted octanol–water partition coefficient (Wildman–Crippen LogP) is 6.20. The number of carbonyl (C=O) groups excluding carboxylic acids is 1. The summed E-state index contributed by atoms with van der Waals surface area (Å²) in [5, 5.41) is 15.8. The number of nitrogens with one attached hydrogen (secondary N) is 1. The average molecular weight is 486 g/mol. The second kappa shape index (κ2) is 11.5. The third kappa shape index (κ3) is 6.07. The molecule has 0 aliphatic heterocycles. The zero-order valence-electron chi connectivity index (χ0n) is 21.1. The number of aromatic nitrogens is 4. The molecule has 0 aliphatic rings. The van der Waals surface area contributed by atoms with Gasteiger partial charge in [-0.3, -0.25) is 4.79 Å². The summed E-state index contributed by atoms with van der Waals surface area (Å²) in [7, 11) is 0. The van der Waals surface area contributed by atoms with Gasteiger partial charge in [0, 0.05) is 23.0 Å². The summed E-state index contributed by atoms with van der Waals surface area (Å²) in [6.07, 6.45) is 3.33. The Kier molecular flexibility index (Phi) is 7.95. The Hall–Kier alpha value is -4.20. The molecule has 0 saturated heterocycles. The minimum atomic E-state index is -0.193. The van der Waals surface area contributed by atoms with Gasteiger partial charge in [-0.15, -0.1) is 10.2 Å². The maximum Gasteiger partial charge on any atom is 0.255 e. The van der Waals surface area contributed by atoms with E-state index < -0.39 is 0 Å². The van der Waals surface area contributed by atoms with Crippen LogP contribution in [0.25, 0.3) is 5.82 Å². The predicted molar refractivity (Wildman–Crippen MR) is 139 cm³/mol. The first-order chi connectivity index (χ1) is 17.4. The van der Waals surface area contributed by atoms with Crippen molar-refractivity contribution < 1.29 is 14.3 Å². The highest BCUT2D eigenvalue weighted by Crippen LogP contribution is 2.23. The van der Waals surface area contributed by atoms with Crippen LogP contribution in [0.5, 0.6) is 17.4 Å². The molecule has 0 fully saturated rings. The minimum Gasteiger partial charge on any atom is -0.494 e. The summed E-state index contributed by atoms with van der Waals surface area (Å²) in [4.78, 5) is 12.6. The fourth-order valence-corrected chi connectivity index (χ4v) is 3.60. The molecule has 0 aliphatic carbocycles. The molecule has 4 rings (SSSR count). The molecule has 186 valence electrons. The van der Waals surface area contributed by atoms with Gasteiger partial charge in [0.25, 0.3) is 5.91 Å². The summed E-state index contributed by atoms with van der Waals surface area (Å²) in [6.45, 7) is 8.85. The maximum atomic E-state index is 12.6. The van der Waals surface area contributed by atoms with Crippen molar-refractivity contribution in [2.75, 3.05) is 11.9 Å². The summed E-state index contributed by atoms with van der Waals surface area (Å²) in [5.41, 5.74) is 4.34. The van der Waals surface area contributed by atoms with E-state index in [1.165, 1.54) is 0 Å². The molecule has 0 unspecified atom stereocenters. The number of nitrogens with zero attached hydrogens (tertiary/aromatic N) is 4. The number of amides is 1. The lowest BCUT2D eigenvalue weighted by Crippen LogP contribution is -2.11. The molecular weight excluding hydrogens is 454 g/mol. The highest BCUT2D eigenvalue weighted by atomic mass is 16.5. The highest BCUT2D eigenvalue weighted by molar-refractivity contribution is 6.04. The Morgan fingerprint density at radius 2 is 1.61 bits per heavy atom. The van der Waals surface area contributed by atoms with Crippen LogP contribution in [0.15, 0.2) is 60.7 Å². The molecule has 2 aromatic heterocycles.